The van der Waals surface area contributed by atoms with Gasteiger partial charge in [0.05, 0.1) is 10.6 Å². The molecule has 102 valence electrons. The van der Waals surface area contributed by atoms with E-state index in [0.29, 0.717) is 6.07 Å². The maximum absolute atomic E-state index is 12.5. The van der Waals surface area contributed by atoms with E-state index in [1.165, 1.54) is 12.1 Å². The number of nitro groups is 1. The summed E-state index contributed by atoms with van der Waals surface area (Å²) in [6.45, 7) is 0. The fourth-order valence-corrected chi connectivity index (χ4v) is 1.51. The van der Waals surface area contributed by atoms with Crippen LogP contribution in [0.2, 0.25) is 0 Å². The molecule has 0 aliphatic carbocycles. The molecule has 20 heavy (non-hydrogen) atoms. The van der Waals surface area contributed by atoms with Crippen LogP contribution in [0.1, 0.15) is 11.4 Å². The Kier molecular flexibility index (Phi) is 3.15. The van der Waals surface area contributed by atoms with Gasteiger partial charge in [-0.15, -0.1) is 0 Å². The van der Waals surface area contributed by atoms with Crippen molar-refractivity contribution in [3.63, 3.8) is 0 Å². The van der Waals surface area contributed by atoms with Crippen molar-refractivity contribution >= 4 is 5.69 Å². The van der Waals surface area contributed by atoms with Crippen LogP contribution in [0.4, 0.5) is 18.9 Å². The molecule has 1 aromatic heterocycles. The highest BCUT2D eigenvalue weighted by atomic mass is 19.4. The molecule has 0 aliphatic heterocycles. The van der Waals surface area contributed by atoms with Gasteiger partial charge in [0.1, 0.15) is 11.8 Å². The average molecular weight is 282 g/mol. The maximum atomic E-state index is 12.5. The second-order valence-corrected chi connectivity index (χ2v) is 3.71. The summed E-state index contributed by atoms with van der Waals surface area (Å²) in [7, 11) is 0. The molecule has 1 aromatic carbocycles. The molecule has 1 heterocycles. The quantitative estimate of drug-likeness (QED) is 0.626. The molecule has 6 nitrogen and oxygen atoms in total. The maximum Gasteiger partial charge on any atom is 0.435 e. The molecule has 0 fully saturated rings. The van der Waals surface area contributed by atoms with E-state index in [-0.39, 0.29) is 17.1 Å². The Morgan fingerprint density at radius 1 is 1.30 bits per heavy atom. The lowest BCUT2D eigenvalue weighted by atomic mass is 10.3. The van der Waals surface area contributed by atoms with Gasteiger partial charge in [0.15, 0.2) is 5.69 Å². The topological polar surface area (TPSA) is 84.8 Å². The van der Waals surface area contributed by atoms with E-state index in [1.54, 1.807) is 6.07 Å². The summed E-state index contributed by atoms with van der Waals surface area (Å²) in [6, 6.07) is 6.86. The largest absolute Gasteiger partial charge is 0.435 e. The molecule has 0 aliphatic rings. The molecule has 0 spiro atoms. The van der Waals surface area contributed by atoms with Crippen molar-refractivity contribution in [3.8, 4) is 11.8 Å². The normalized spacial score (nSPS) is 11.1. The highest BCUT2D eigenvalue weighted by Crippen LogP contribution is 2.29. The Morgan fingerprint density at radius 3 is 2.35 bits per heavy atom. The summed E-state index contributed by atoms with van der Waals surface area (Å²) >= 11 is 0. The van der Waals surface area contributed by atoms with Crippen molar-refractivity contribution in [2.24, 2.45) is 0 Å². The molecule has 0 unspecified atom stereocenters. The summed E-state index contributed by atoms with van der Waals surface area (Å²) in [4.78, 5) is 9.85. The number of nitro benzene ring substituents is 1. The molecule has 9 heteroatoms. The molecule has 0 bridgehead atoms. The number of nitriles is 1. The fraction of sp³-hybridized carbons (Fsp3) is 0.0909. The molecule has 0 saturated heterocycles. The van der Waals surface area contributed by atoms with Crippen LogP contribution in [0.15, 0.2) is 30.3 Å². The van der Waals surface area contributed by atoms with Crippen LogP contribution in [-0.4, -0.2) is 14.7 Å². The van der Waals surface area contributed by atoms with Crippen molar-refractivity contribution in [1.82, 2.24) is 9.78 Å². The molecule has 2 rings (SSSR count). The first-order valence-corrected chi connectivity index (χ1v) is 5.15. The summed E-state index contributed by atoms with van der Waals surface area (Å²) in [5, 5.41) is 22.6. The molecular formula is C11H5F3N4O2. The van der Waals surface area contributed by atoms with Crippen molar-refractivity contribution in [2.75, 3.05) is 0 Å². The zero-order valence-corrected chi connectivity index (χ0v) is 9.63. The van der Waals surface area contributed by atoms with Gasteiger partial charge in [0.25, 0.3) is 5.69 Å². The Balaban J connectivity index is 2.50. The first-order valence-electron chi connectivity index (χ1n) is 5.15. The summed E-state index contributed by atoms with van der Waals surface area (Å²) < 4.78 is 38.4. The second kappa shape index (κ2) is 4.65. The van der Waals surface area contributed by atoms with Crippen molar-refractivity contribution < 1.29 is 18.1 Å². The summed E-state index contributed by atoms with van der Waals surface area (Å²) in [6.07, 6.45) is -4.67. The minimum atomic E-state index is -4.67. The van der Waals surface area contributed by atoms with Crippen molar-refractivity contribution in [1.29, 1.82) is 5.26 Å². The van der Waals surface area contributed by atoms with Gasteiger partial charge >= 0.3 is 6.18 Å². The molecule has 0 saturated carbocycles. The van der Waals surface area contributed by atoms with Crippen LogP contribution in [0, 0.1) is 21.4 Å². The Morgan fingerprint density at radius 2 is 1.90 bits per heavy atom. The Labute approximate surface area is 109 Å². The minimum Gasteiger partial charge on any atom is -0.258 e. The smallest absolute Gasteiger partial charge is 0.258 e. The van der Waals surface area contributed by atoms with Gasteiger partial charge in [0.2, 0.25) is 0 Å². The summed E-state index contributed by atoms with van der Waals surface area (Å²) in [5.74, 6) is 0. The highest BCUT2D eigenvalue weighted by Gasteiger charge is 2.35. The monoisotopic (exact) mass is 282 g/mol. The van der Waals surface area contributed by atoms with Crippen molar-refractivity contribution in [3.05, 3.63) is 51.8 Å². The number of halogens is 3. The van der Waals surface area contributed by atoms with Gasteiger partial charge in [-0.2, -0.15) is 23.5 Å². The predicted octanol–water partition coefficient (Wildman–Crippen LogP) is 2.67. The van der Waals surface area contributed by atoms with E-state index in [0.717, 1.165) is 16.8 Å². The molecule has 0 radical (unpaired) electrons. The Hall–Kier alpha value is -2.89. The van der Waals surface area contributed by atoms with Crippen molar-refractivity contribution in [2.45, 2.75) is 6.18 Å². The highest BCUT2D eigenvalue weighted by molar-refractivity contribution is 5.43. The molecule has 0 amide bonds. The number of hydrogen-bond acceptors (Lipinski definition) is 4. The fourth-order valence-electron chi connectivity index (χ4n) is 1.51. The average Bonchev–Trinajstić information content (AvgIpc) is 2.82. The third-order valence-corrected chi connectivity index (χ3v) is 2.42. The van der Waals surface area contributed by atoms with E-state index in [9.17, 15) is 23.3 Å². The third-order valence-electron chi connectivity index (χ3n) is 2.42. The number of hydrogen-bond donors (Lipinski definition) is 0. The van der Waals surface area contributed by atoms with Gasteiger partial charge in [-0.1, -0.05) is 0 Å². The van der Waals surface area contributed by atoms with Gasteiger partial charge in [-0.3, -0.25) is 10.1 Å². The molecule has 0 atom stereocenters. The number of nitrogens with zero attached hydrogens (tertiary/aromatic N) is 4. The molecular weight excluding hydrogens is 277 g/mol. The number of benzene rings is 1. The van der Waals surface area contributed by atoms with Crippen LogP contribution < -0.4 is 0 Å². The van der Waals surface area contributed by atoms with Crippen LogP contribution in [-0.2, 0) is 6.18 Å². The van der Waals surface area contributed by atoms with Crippen LogP contribution in [0.5, 0.6) is 0 Å². The number of rotatable bonds is 2. The number of alkyl halides is 3. The predicted molar refractivity (Wildman–Crippen MR) is 59.9 cm³/mol. The zero-order chi connectivity index (χ0) is 14.9. The lowest BCUT2D eigenvalue weighted by molar-refractivity contribution is -0.384. The van der Waals surface area contributed by atoms with E-state index in [2.05, 4.69) is 5.10 Å². The molecule has 0 N–H and O–H groups in total. The number of non-ortho nitro benzene ring substituents is 1. The standard InChI is InChI=1S/C11H5F3N4O2/c12-11(13,14)10-5-9(6-15)17(16-10)7-1-3-8(4-2-7)18(19)20/h1-5H. The summed E-state index contributed by atoms with van der Waals surface area (Å²) in [5.41, 5.74) is -1.60. The van der Waals surface area contributed by atoms with E-state index < -0.39 is 16.8 Å². The lowest BCUT2D eigenvalue weighted by Crippen LogP contribution is -2.07. The van der Waals surface area contributed by atoms with E-state index in [4.69, 9.17) is 5.26 Å². The van der Waals surface area contributed by atoms with Gasteiger partial charge in [-0.25, -0.2) is 4.68 Å². The second-order valence-electron chi connectivity index (χ2n) is 3.71. The van der Waals surface area contributed by atoms with Gasteiger partial charge in [0, 0.05) is 18.2 Å². The minimum absolute atomic E-state index is 0.127. The zero-order valence-electron chi connectivity index (χ0n) is 9.63. The number of aromatic nitrogens is 2. The Bertz CT molecular complexity index is 698. The first-order chi connectivity index (χ1) is 9.32. The van der Waals surface area contributed by atoms with Crippen LogP contribution in [0.3, 0.4) is 0 Å². The van der Waals surface area contributed by atoms with Gasteiger partial charge < -0.3 is 0 Å². The first kappa shape index (κ1) is 13.5. The van der Waals surface area contributed by atoms with E-state index in [1.807, 2.05) is 0 Å². The van der Waals surface area contributed by atoms with Crippen LogP contribution >= 0.6 is 0 Å². The molecule has 2 aromatic rings. The third kappa shape index (κ3) is 2.44. The van der Waals surface area contributed by atoms with E-state index >= 15 is 0 Å². The van der Waals surface area contributed by atoms with Crippen LogP contribution in [0.25, 0.3) is 5.69 Å². The lowest BCUT2D eigenvalue weighted by Gasteiger charge is -2.03. The van der Waals surface area contributed by atoms with Gasteiger partial charge in [-0.05, 0) is 12.1 Å². The SMILES string of the molecule is N#Cc1cc(C(F)(F)F)nn1-c1ccc([N+](=O)[O-])cc1.